The molecule has 0 aliphatic carbocycles. The van der Waals surface area contributed by atoms with Gasteiger partial charge in [0.15, 0.2) is 0 Å². The molecule has 0 spiro atoms. The predicted octanol–water partition coefficient (Wildman–Crippen LogP) is 2.77. The molecule has 76 valence electrons. The Morgan fingerprint density at radius 3 is 2.79 bits per heavy atom. The topological polar surface area (TPSA) is 26.3 Å². The van der Waals surface area contributed by atoms with Crippen LogP contribution in [0.2, 0.25) is 0 Å². The van der Waals surface area contributed by atoms with Gasteiger partial charge in [-0.1, -0.05) is 34.1 Å². The molecular formula is C10H10BrClO2. The molecule has 1 aromatic carbocycles. The second kappa shape index (κ2) is 5.37. The van der Waals surface area contributed by atoms with Crippen LogP contribution in [0.1, 0.15) is 5.56 Å². The summed E-state index contributed by atoms with van der Waals surface area (Å²) in [4.78, 5) is 11.1. The average molecular weight is 278 g/mol. The van der Waals surface area contributed by atoms with E-state index in [1.54, 1.807) is 0 Å². The summed E-state index contributed by atoms with van der Waals surface area (Å²) < 4.78 is 5.49. The van der Waals surface area contributed by atoms with Gasteiger partial charge in [0.05, 0.1) is 7.11 Å². The van der Waals surface area contributed by atoms with Crippen LogP contribution in [-0.4, -0.2) is 18.5 Å². The smallest absolute Gasteiger partial charge is 0.324 e. The number of hydrogen-bond acceptors (Lipinski definition) is 2. The quantitative estimate of drug-likeness (QED) is 0.627. The van der Waals surface area contributed by atoms with Crippen LogP contribution < -0.4 is 0 Å². The minimum atomic E-state index is -0.626. The van der Waals surface area contributed by atoms with Crippen molar-refractivity contribution in [2.75, 3.05) is 7.11 Å². The van der Waals surface area contributed by atoms with Gasteiger partial charge in [0.2, 0.25) is 0 Å². The van der Waals surface area contributed by atoms with E-state index in [-0.39, 0.29) is 0 Å². The molecule has 0 bridgehead atoms. The second-order valence-electron chi connectivity index (χ2n) is 2.79. The first-order valence-electron chi connectivity index (χ1n) is 4.10. The highest BCUT2D eigenvalue weighted by Gasteiger charge is 2.16. The number of alkyl halides is 1. The molecule has 1 atom stereocenters. The Balaban J connectivity index is 2.69. The maximum atomic E-state index is 11.1. The summed E-state index contributed by atoms with van der Waals surface area (Å²) in [6, 6.07) is 7.65. The average Bonchev–Trinajstić information content (AvgIpc) is 2.20. The van der Waals surface area contributed by atoms with Crippen molar-refractivity contribution in [3.05, 3.63) is 34.3 Å². The highest BCUT2D eigenvalue weighted by molar-refractivity contribution is 9.10. The molecular weight excluding hydrogens is 267 g/mol. The summed E-state index contributed by atoms with van der Waals surface area (Å²) in [5, 5.41) is -0.626. The fraction of sp³-hybridized carbons (Fsp3) is 0.300. The molecule has 0 aliphatic rings. The maximum absolute atomic E-state index is 11.1. The SMILES string of the molecule is COC(=O)C(Cl)Cc1ccccc1Br. The highest BCUT2D eigenvalue weighted by Crippen LogP contribution is 2.19. The van der Waals surface area contributed by atoms with Crippen LogP contribution in [0.25, 0.3) is 0 Å². The van der Waals surface area contributed by atoms with Crippen molar-refractivity contribution >= 4 is 33.5 Å². The van der Waals surface area contributed by atoms with Gasteiger partial charge in [0.25, 0.3) is 0 Å². The third-order valence-electron chi connectivity index (χ3n) is 1.81. The Morgan fingerprint density at radius 2 is 2.21 bits per heavy atom. The van der Waals surface area contributed by atoms with Crippen molar-refractivity contribution in [2.45, 2.75) is 11.8 Å². The second-order valence-corrected chi connectivity index (χ2v) is 4.17. The van der Waals surface area contributed by atoms with Crippen LogP contribution >= 0.6 is 27.5 Å². The van der Waals surface area contributed by atoms with Gasteiger partial charge in [-0.25, -0.2) is 0 Å². The zero-order valence-electron chi connectivity index (χ0n) is 7.67. The molecule has 0 aliphatic heterocycles. The number of benzene rings is 1. The lowest BCUT2D eigenvalue weighted by molar-refractivity contribution is -0.140. The van der Waals surface area contributed by atoms with E-state index in [1.807, 2.05) is 24.3 Å². The fourth-order valence-corrected chi connectivity index (χ4v) is 1.77. The predicted molar refractivity (Wildman–Crippen MR) is 59.5 cm³/mol. The van der Waals surface area contributed by atoms with E-state index in [4.69, 9.17) is 11.6 Å². The van der Waals surface area contributed by atoms with Crippen molar-refractivity contribution < 1.29 is 9.53 Å². The normalized spacial score (nSPS) is 12.2. The van der Waals surface area contributed by atoms with E-state index in [0.29, 0.717) is 6.42 Å². The lowest BCUT2D eigenvalue weighted by atomic mass is 10.1. The van der Waals surface area contributed by atoms with Crippen molar-refractivity contribution in [3.63, 3.8) is 0 Å². The molecule has 0 radical (unpaired) electrons. The molecule has 1 aromatic rings. The van der Waals surface area contributed by atoms with Crippen LogP contribution in [0.3, 0.4) is 0 Å². The summed E-state index contributed by atoms with van der Waals surface area (Å²) in [6.07, 6.45) is 0.468. The summed E-state index contributed by atoms with van der Waals surface area (Å²) >= 11 is 9.23. The van der Waals surface area contributed by atoms with Gasteiger partial charge in [-0.3, -0.25) is 4.79 Å². The minimum Gasteiger partial charge on any atom is -0.468 e. The van der Waals surface area contributed by atoms with Gasteiger partial charge in [0, 0.05) is 10.9 Å². The third-order valence-corrected chi connectivity index (χ3v) is 2.92. The van der Waals surface area contributed by atoms with Crippen molar-refractivity contribution in [1.82, 2.24) is 0 Å². The Kier molecular flexibility index (Phi) is 4.42. The van der Waals surface area contributed by atoms with Crippen LogP contribution in [0, 0.1) is 0 Å². The van der Waals surface area contributed by atoms with Crippen LogP contribution in [0.4, 0.5) is 0 Å². The Hall–Kier alpha value is -0.540. The summed E-state index contributed by atoms with van der Waals surface area (Å²) in [5.74, 6) is -0.401. The molecule has 0 saturated heterocycles. The molecule has 0 N–H and O–H groups in total. The number of hydrogen-bond donors (Lipinski definition) is 0. The highest BCUT2D eigenvalue weighted by atomic mass is 79.9. The first-order chi connectivity index (χ1) is 6.65. The van der Waals surface area contributed by atoms with Gasteiger partial charge < -0.3 is 4.74 Å². The summed E-state index contributed by atoms with van der Waals surface area (Å²) in [5.41, 5.74) is 0.998. The zero-order chi connectivity index (χ0) is 10.6. The lowest BCUT2D eigenvalue weighted by Gasteiger charge is -2.08. The number of esters is 1. The van der Waals surface area contributed by atoms with Gasteiger partial charge in [0.1, 0.15) is 5.38 Å². The van der Waals surface area contributed by atoms with Gasteiger partial charge in [-0.05, 0) is 11.6 Å². The monoisotopic (exact) mass is 276 g/mol. The molecule has 0 aromatic heterocycles. The number of carbonyl (C=O) groups is 1. The molecule has 0 amide bonds. The van der Waals surface area contributed by atoms with Crippen LogP contribution in [0.5, 0.6) is 0 Å². The van der Waals surface area contributed by atoms with Crippen LogP contribution in [0.15, 0.2) is 28.7 Å². The van der Waals surface area contributed by atoms with E-state index in [1.165, 1.54) is 7.11 Å². The maximum Gasteiger partial charge on any atom is 0.324 e. The van der Waals surface area contributed by atoms with E-state index in [9.17, 15) is 4.79 Å². The third kappa shape index (κ3) is 3.00. The first-order valence-corrected chi connectivity index (χ1v) is 5.33. The van der Waals surface area contributed by atoms with E-state index in [0.717, 1.165) is 10.0 Å². The molecule has 0 fully saturated rings. The van der Waals surface area contributed by atoms with Crippen LogP contribution in [-0.2, 0) is 16.0 Å². The van der Waals surface area contributed by atoms with Gasteiger partial charge in [-0.2, -0.15) is 0 Å². The van der Waals surface area contributed by atoms with E-state index >= 15 is 0 Å². The summed E-state index contributed by atoms with van der Waals surface area (Å²) in [6.45, 7) is 0. The van der Waals surface area contributed by atoms with Crippen molar-refractivity contribution in [3.8, 4) is 0 Å². The Morgan fingerprint density at radius 1 is 1.57 bits per heavy atom. The molecule has 1 rings (SSSR count). The standard InChI is InChI=1S/C10H10BrClO2/c1-14-10(13)9(12)6-7-4-2-3-5-8(7)11/h2-5,9H,6H2,1H3. The van der Waals surface area contributed by atoms with Gasteiger partial charge >= 0.3 is 5.97 Å². The Labute approximate surface area is 96.3 Å². The first kappa shape index (κ1) is 11.5. The molecule has 14 heavy (non-hydrogen) atoms. The number of ether oxygens (including phenoxy) is 1. The van der Waals surface area contributed by atoms with E-state index in [2.05, 4.69) is 20.7 Å². The van der Waals surface area contributed by atoms with Gasteiger partial charge in [-0.15, -0.1) is 11.6 Å². The fourth-order valence-electron chi connectivity index (χ4n) is 1.07. The minimum absolute atomic E-state index is 0.401. The number of carbonyl (C=O) groups excluding carboxylic acids is 1. The lowest BCUT2D eigenvalue weighted by Crippen LogP contribution is -2.18. The Bertz CT molecular complexity index is 328. The number of methoxy groups -OCH3 is 1. The largest absolute Gasteiger partial charge is 0.468 e. The van der Waals surface area contributed by atoms with Crippen molar-refractivity contribution in [1.29, 1.82) is 0 Å². The number of rotatable bonds is 3. The molecule has 4 heteroatoms. The number of halogens is 2. The molecule has 2 nitrogen and oxygen atoms in total. The van der Waals surface area contributed by atoms with E-state index < -0.39 is 11.3 Å². The summed E-state index contributed by atoms with van der Waals surface area (Å²) in [7, 11) is 1.33. The molecule has 0 heterocycles. The zero-order valence-corrected chi connectivity index (χ0v) is 10.0. The molecule has 1 unspecified atom stereocenters. The van der Waals surface area contributed by atoms with Crippen molar-refractivity contribution in [2.24, 2.45) is 0 Å². The molecule has 0 saturated carbocycles.